The number of hydrogen-bond donors (Lipinski definition) is 1. The molecule has 0 amide bonds. The fourth-order valence-corrected chi connectivity index (χ4v) is 3.03. The summed E-state index contributed by atoms with van der Waals surface area (Å²) in [4.78, 5) is 4.68. The number of ether oxygens (including phenoxy) is 1. The first-order valence-electron chi connectivity index (χ1n) is 7.75. The van der Waals surface area contributed by atoms with Crippen LogP contribution in [0.25, 0.3) is 0 Å². The van der Waals surface area contributed by atoms with Crippen LogP contribution in [0.1, 0.15) is 31.4 Å². The SMILES string of the molecule is COc1ccc(C(O)C(C)N(C)CC2CCCN2C)cc1. The average molecular weight is 292 g/mol. The van der Waals surface area contributed by atoms with Gasteiger partial charge in [0.1, 0.15) is 5.75 Å². The summed E-state index contributed by atoms with van der Waals surface area (Å²) in [5.74, 6) is 0.819. The van der Waals surface area contributed by atoms with Crippen LogP contribution in [0.3, 0.4) is 0 Å². The number of methoxy groups -OCH3 is 1. The van der Waals surface area contributed by atoms with Gasteiger partial charge in [0, 0.05) is 18.6 Å². The number of aliphatic hydroxyl groups excluding tert-OH is 1. The summed E-state index contributed by atoms with van der Waals surface area (Å²) >= 11 is 0. The molecule has 21 heavy (non-hydrogen) atoms. The Hall–Kier alpha value is -1.10. The molecule has 0 saturated carbocycles. The van der Waals surface area contributed by atoms with Gasteiger partial charge in [-0.15, -0.1) is 0 Å². The van der Waals surface area contributed by atoms with E-state index in [1.165, 1.54) is 19.4 Å². The molecule has 4 nitrogen and oxygen atoms in total. The normalized spacial score (nSPS) is 22.5. The Morgan fingerprint density at radius 1 is 1.38 bits per heavy atom. The predicted octanol–water partition coefficient (Wildman–Crippen LogP) is 2.14. The number of nitrogens with zero attached hydrogens (tertiary/aromatic N) is 2. The van der Waals surface area contributed by atoms with E-state index in [0.29, 0.717) is 6.04 Å². The van der Waals surface area contributed by atoms with Gasteiger partial charge in [0.25, 0.3) is 0 Å². The van der Waals surface area contributed by atoms with Gasteiger partial charge in [-0.3, -0.25) is 4.90 Å². The Balaban J connectivity index is 1.95. The standard InChI is InChI=1S/C17H28N2O2/c1-13(19(3)12-15-6-5-11-18(15)2)17(20)14-7-9-16(21-4)10-8-14/h7-10,13,15,17,20H,5-6,11-12H2,1-4H3. The van der Waals surface area contributed by atoms with E-state index in [1.54, 1.807) is 7.11 Å². The molecule has 0 bridgehead atoms. The zero-order valence-electron chi connectivity index (χ0n) is 13.6. The first-order chi connectivity index (χ1) is 10.0. The smallest absolute Gasteiger partial charge is 0.118 e. The molecule has 1 saturated heterocycles. The molecule has 2 rings (SSSR count). The number of hydrogen-bond acceptors (Lipinski definition) is 4. The molecule has 1 aromatic rings. The molecule has 1 aliphatic heterocycles. The topological polar surface area (TPSA) is 35.9 Å². The molecule has 0 aliphatic carbocycles. The van der Waals surface area contributed by atoms with Crippen LogP contribution >= 0.6 is 0 Å². The van der Waals surface area contributed by atoms with Crippen LogP contribution in [0.5, 0.6) is 5.75 Å². The van der Waals surface area contributed by atoms with Crippen molar-refractivity contribution in [1.82, 2.24) is 9.80 Å². The lowest BCUT2D eigenvalue weighted by molar-refractivity contribution is 0.0608. The zero-order valence-corrected chi connectivity index (χ0v) is 13.6. The van der Waals surface area contributed by atoms with E-state index in [2.05, 4.69) is 30.8 Å². The minimum Gasteiger partial charge on any atom is -0.497 e. The summed E-state index contributed by atoms with van der Waals surface area (Å²) in [5, 5.41) is 10.6. The fourth-order valence-electron chi connectivity index (χ4n) is 3.03. The van der Waals surface area contributed by atoms with Gasteiger partial charge in [-0.2, -0.15) is 0 Å². The first kappa shape index (κ1) is 16.3. The second kappa shape index (κ2) is 7.25. The van der Waals surface area contributed by atoms with Crippen LogP contribution in [0.2, 0.25) is 0 Å². The molecule has 1 aromatic carbocycles. The van der Waals surface area contributed by atoms with E-state index in [4.69, 9.17) is 4.74 Å². The van der Waals surface area contributed by atoms with E-state index in [-0.39, 0.29) is 6.04 Å². The second-order valence-corrected chi connectivity index (χ2v) is 6.17. The summed E-state index contributed by atoms with van der Waals surface area (Å²) in [5.41, 5.74) is 0.940. The summed E-state index contributed by atoms with van der Waals surface area (Å²) in [6.07, 6.45) is 2.06. The van der Waals surface area contributed by atoms with Gasteiger partial charge in [-0.25, -0.2) is 0 Å². The van der Waals surface area contributed by atoms with Crippen molar-refractivity contribution in [1.29, 1.82) is 0 Å². The average Bonchev–Trinajstić information content (AvgIpc) is 2.91. The van der Waals surface area contributed by atoms with Crippen LogP contribution in [-0.4, -0.2) is 61.3 Å². The summed E-state index contributed by atoms with van der Waals surface area (Å²) in [6, 6.07) is 8.38. The molecule has 0 spiro atoms. The highest BCUT2D eigenvalue weighted by Crippen LogP contribution is 2.24. The highest BCUT2D eigenvalue weighted by Gasteiger charge is 2.26. The van der Waals surface area contributed by atoms with Crippen LogP contribution in [-0.2, 0) is 0 Å². The minimum atomic E-state index is -0.479. The monoisotopic (exact) mass is 292 g/mol. The predicted molar refractivity (Wildman–Crippen MR) is 85.7 cm³/mol. The number of rotatable bonds is 6. The Bertz CT molecular complexity index is 435. The fraction of sp³-hybridized carbons (Fsp3) is 0.647. The lowest BCUT2D eigenvalue weighted by atomic mass is 10.0. The molecule has 118 valence electrons. The molecule has 0 aromatic heterocycles. The maximum absolute atomic E-state index is 10.6. The second-order valence-electron chi connectivity index (χ2n) is 6.17. The lowest BCUT2D eigenvalue weighted by Crippen LogP contribution is -2.42. The van der Waals surface area contributed by atoms with E-state index in [9.17, 15) is 5.11 Å². The lowest BCUT2D eigenvalue weighted by Gasteiger charge is -2.33. The van der Waals surface area contributed by atoms with Crippen molar-refractivity contribution in [2.45, 2.75) is 38.0 Å². The van der Waals surface area contributed by atoms with Gasteiger partial charge < -0.3 is 14.7 Å². The Morgan fingerprint density at radius 3 is 2.57 bits per heavy atom. The molecule has 1 fully saturated rings. The number of benzene rings is 1. The number of likely N-dealkylation sites (N-methyl/N-ethyl adjacent to an activating group) is 2. The van der Waals surface area contributed by atoms with E-state index >= 15 is 0 Å². The van der Waals surface area contributed by atoms with Crippen molar-refractivity contribution >= 4 is 0 Å². The molecule has 1 aliphatic rings. The molecule has 1 heterocycles. The highest BCUT2D eigenvalue weighted by atomic mass is 16.5. The Kier molecular flexibility index (Phi) is 5.62. The summed E-state index contributed by atoms with van der Waals surface area (Å²) in [6.45, 7) is 4.28. The minimum absolute atomic E-state index is 0.0902. The third-order valence-corrected chi connectivity index (χ3v) is 4.78. The number of likely N-dealkylation sites (tertiary alicyclic amines) is 1. The molecule has 3 unspecified atom stereocenters. The van der Waals surface area contributed by atoms with Gasteiger partial charge in [0.05, 0.1) is 13.2 Å². The quantitative estimate of drug-likeness (QED) is 0.871. The molecule has 1 N–H and O–H groups in total. The summed E-state index contributed by atoms with van der Waals surface area (Å²) in [7, 11) is 5.94. The first-order valence-corrected chi connectivity index (χ1v) is 7.75. The molecule has 4 heteroatoms. The van der Waals surface area contributed by atoms with E-state index in [1.807, 2.05) is 24.3 Å². The summed E-state index contributed by atoms with van der Waals surface area (Å²) < 4.78 is 5.16. The molecular formula is C17H28N2O2. The Morgan fingerprint density at radius 2 is 2.05 bits per heavy atom. The van der Waals surface area contributed by atoms with Crippen LogP contribution < -0.4 is 4.74 Å². The van der Waals surface area contributed by atoms with Gasteiger partial charge in [-0.1, -0.05) is 12.1 Å². The van der Waals surface area contributed by atoms with Gasteiger partial charge in [-0.05, 0) is 58.1 Å². The third-order valence-electron chi connectivity index (χ3n) is 4.78. The van der Waals surface area contributed by atoms with Crippen LogP contribution in [0.15, 0.2) is 24.3 Å². The highest BCUT2D eigenvalue weighted by molar-refractivity contribution is 5.29. The van der Waals surface area contributed by atoms with Crippen molar-refractivity contribution in [3.63, 3.8) is 0 Å². The van der Waals surface area contributed by atoms with Gasteiger partial charge in [0.2, 0.25) is 0 Å². The van der Waals surface area contributed by atoms with Crippen molar-refractivity contribution in [3.8, 4) is 5.75 Å². The zero-order chi connectivity index (χ0) is 15.4. The molecule has 3 atom stereocenters. The Labute approximate surface area is 128 Å². The van der Waals surface area contributed by atoms with Crippen LogP contribution in [0.4, 0.5) is 0 Å². The maximum Gasteiger partial charge on any atom is 0.118 e. The van der Waals surface area contributed by atoms with Gasteiger partial charge >= 0.3 is 0 Å². The molecular weight excluding hydrogens is 264 g/mol. The third kappa shape index (κ3) is 3.96. The van der Waals surface area contributed by atoms with Crippen molar-refractivity contribution in [3.05, 3.63) is 29.8 Å². The number of aliphatic hydroxyl groups is 1. The van der Waals surface area contributed by atoms with Gasteiger partial charge in [0.15, 0.2) is 0 Å². The van der Waals surface area contributed by atoms with E-state index < -0.39 is 6.10 Å². The largest absolute Gasteiger partial charge is 0.497 e. The molecule has 0 radical (unpaired) electrons. The van der Waals surface area contributed by atoms with Crippen molar-refractivity contribution in [2.24, 2.45) is 0 Å². The van der Waals surface area contributed by atoms with Crippen molar-refractivity contribution < 1.29 is 9.84 Å². The van der Waals surface area contributed by atoms with Crippen molar-refractivity contribution in [2.75, 3.05) is 34.3 Å². The maximum atomic E-state index is 10.6. The van der Waals surface area contributed by atoms with Crippen LogP contribution in [0, 0.1) is 0 Å². The van der Waals surface area contributed by atoms with E-state index in [0.717, 1.165) is 17.9 Å².